The quantitative estimate of drug-likeness (QED) is 0.807. The summed E-state index contributed by atoms with van der Waals surface area (Å²) in [6.45, 7) is 0. The van der Waals surface area contributed by atoms with Crippen LogP contribution in [0.3, 0.4) is 0 Å². The lowest BCUT2D eigenvalue weighted by molar-refractivity contribution is 0.0946. The number of benzene rings is 1. The Morgan fingerprint density at radius 1 is 1.27 bits per heavy atom. The third-order valence-electron chi connectivity index (χ3n) is 3.98. The summed E-state index contributed by atoms with van der Waals surface area (Å²) in [5.41, 5.74) is 2.07. The number of hydrogen-bond acceptors (Lipinski definition) is 2. The van der Waals surface area contributed by atoms with Gasteiger partial charge in [-0.25, -0.2) is 9.37 Å². The van der Waals surface area contributed by atoms with Crippen LogP contribution in [0.4, 0.5) is 4.39 Å². The van der Waals surface area contributed by atoms with Crippen LogP contribution in [0.25, 0.3) is 5.65 Å². The summed E-state index contributed by atoms with van der Waals surface area (Å²) in [5.74, 6) is -0.237. The minimum absolute atomic E-state index is 0.0547. The predicted octanol–water partition coefficient (Wildman–Crippen LogP) is 2.76. The molecule has 0 saturated heterocycles. The first kappa shape index (κ1) is 13.0. The molecule has 1 aliphatic rings. The molecule has 3 aromatic rings. The molecule has 1 fully saturated rings. The highest BCUT2D eigenvalue weighted by Crippen LogP contribution is 2.41. The molecule has 0 unspecified atom stereocenters. The molecule has 1 aromatic carbocycles. The Kier molecular flexibility index (Phi) is 2.92. The van der Waals surface area contributed by atoms with Crippen molar-refractivity contribution in [2.45, 2.75) is 18.4 Å². The van der Waals surface area contributed by atoms with Crippen molar-refractivity contribution in [2.24, 2.45) is 0 Å². The second-order valence-corrected chi connectivity index (χ2v) is 5.57. The Morgan fingerprint density at radius 2 is 2.18 bits per heavy atom. The normalized spacial score (nSPS) is 20.0. The summed E-state index contributed by atoms with van der Waals surface area (Å²) in [5, 5.41) is 2.96. The van der Waals surface area contributed by atoms with Gasteiger partial charge >= 0.3 is 0 Å². The molecule has 0 spiro atoms. The van der Waals surface area contributed by atoms with Crippen LogP contribution in [-0.2, 0) is 0 Å². The van der Waals surface area contributed by atoms with Crippen molar-refractivity contribution in [3.8, 4) is 0 Å². The van der Waals surface area contributed by atoms with Gasteiger partial charge in [0.2, 0.25) is 0 Å². The van der Waals surface area contributed by atoms with Crippen LogP contribution >= 0.6 is 0 Å². The maximum atomic E-state index is 13.2. The van der Waals surface area contributed by atoms with Gasteiger partial charge in [-0.2, -0.15) is 0 Å². The topological polar surface area (TPSA) is 46.4 Å². The van der Waals surface area contributed by atoms with Gasteiger partial charge in [-0.1, -0.05) is 18.2 Å². The Balaban J connectivity index is 1.47. The number of fused-ring (bicyclic) bond motifs is 1. The summed E-state index contributed by atoms with van der Waals surface area (Å²) >= 11 is 0. The fraction of sp³-hybridized carbons (Fsp3) is 0.176. The second-order valence-electron chi connectivity index (χ2n) is 5.57. The van der Waals surface area contributed by atoms with Crippen LogP contribution in [-0.4, -0.2) is 21.3 Å². The molecule has 2 aromatic heterocycles. The van der Waals surface area contributed by atoms with E-state index < -0.39 is 0 Å². The lowest BCUT2D eigenvalue weighted by Gasteiger charge is -2.03. The van der Waals surface area contributed by atoms with Crippen LogP contribution in [0.2, 0.25) is 0 Å². The zero-order chi connectivity index (χ0) is 15.1. The van der Waals surface area contributed by atoms with Crippen LogP contribution in [0.15, 0.2) is 54.9 Å². The molecule has 1 saturated carbocycles. The van der Waals surface area contributed by atoms with Gasteiger partial charge in [0.25, 0.3) is 5.91 Å². The fourth-order valence-corrected chi connectivity index (χ4v) is 2.75. The number of halogens is 1. The number of nitrogens with one attached hydrogen (secondary N) is 1. The molecular formula is C17H14FN3O. The Labute approximate surface area is 126 Å². The molecule has 2 atom stereocenters. The predicted molar refractivity (Wildman–Crippen MR) is 80.2 cm³/mol. The van der Waals surface area contributed by atoms with Crippen molar-refractivity contribution in [3.05, 3.63) is 71.9 Å². The number of pyridine rings is 1. The number of rotatable bonds is 3. The summed E-state index contributed by atoms with van der Waals surface area (Å²) in [7, 11) is 0. The van der Waals surface area contributed by atoms with Crippen LogP contribution < -0.4 is 5.32 Å². The monoisotopic (exact) mass is 295 g/mol. The number of amides is 1. The van der Waals surface area contributed by atoms with E-state index in [1.165, 1.54) is 12.1 Å². The number of imidazole rings is 1. The molecule has 0 bridgehead atoms. The van der Waals surface area contributed by atoms with E-state index >= 15 is 0 Å². The van der Waals surface area contributed by atoms with E-state index in [9.17, 15) is 9.18 Å². The highest BCUT2D eigenvalue weighted by atomic mass is 19.1. The smallest absolute Gasteiger partial charge is 0.271 e. The molecular weight excluding hydrogens is 281 g/mol. The minimum atomic E-state index is -0.241. The average Bonchev–Trinajstić information content (AvgIpc) is 3.14. The van der Waals surface area contributed by atoms with Crippen molar-refractivity contribution in [2.75, 3.05) is 0 Å². The van der Waals surface area contributed by atoms with E-state index in [0.29, 0.717) is 5.69 Å². The van der Waals surface area contributed by atoms with Crippen LogP contribution in [0.5, 0.6) is 0 Å². The Bertz CT molecular complexity index is 825. The average molecular weight is 295 g/mol. The SMILES string of the molecule is O=C(N[C@@H]1C[C@@H]1c1cccc(F)c1)c1cn2ccccc2n1. The van der Waals surface area contributed by atoms with E-state index in [1.54, 1.807) is 12.3 Å². The largest absolute Gasteiger partial charge is 0.347 e. The number of carbonyl (C=O) groups is 1. The van der Waals surface area contributed by atoms with Gasteiger partial charge in [0.1, 0.15) is 17.2 Å². The van der Waals surface area contributed by atoms with Crippen molar-refractivity contribution < 1.29 is 9.18 Å². The summed E-state index contributed by atoms with van der Waals surface area (Å²) in [6, 6.07) is 12.2. The summed E-state index contributed by atoms with van der Waals surface area (Å²) < 4.78 is 15.0. The third kappa shape index (κ3) is 2.35. The Hall–Kier alpha value is -2.69. The first-order valence-electron chi connectivity index (χ1n) is 7.21. The van der Waals surface area contributed by atoms with Gasteiger partial charge < -0.3 is 9.72 Å². The van der Waals surface area contributed by atoms with Crippen molar-refractivity contribution in [1.29, 1.82) is 0 Å². The lowest BCUT2D eigenvalue weighted by atomic mass is 10.1. The first-order chi connectivity index (χ1) is 10.7. The highest BCUT2D eigenvalue weighted by Gasteiger charge is 2.40. The molecule has 22 heavy (non-hydrogen) atoms. The maximum absolute atomic E-state index is 13.2. The first-order valence-corrected chi connectivity index (χ1v) is 7.21. The zero-order valence-corrected chi connectivity index (χ0v) is 11.7. The number of carbonyl (C=O) groups excluding carboxylic acids is 1. The van der Waals surface area contributed by atoms with E-state index in [0.717, 1.165) is 17.6 Å². The molecule has 0 aliphatic heterocycles. The number of hydrogen-bond donors (Lipinski definition) is 1. The molecule has 4 rings (SSSR count). The van der Waals surface area contributed by atoms with Crippen LogP contribution in [0, 0.1) is 5.82 Å². The molecule has 0 radical (unpaired) electrons. The van der Waals surface area contributed by atoms with Gasteiger partial charge in [0.05, 0.1) is 0 Å². The van der Waals surface area contributed by atoms with Crippen molar-refractivity contribution in [1.82, 2.24) is 14.7 Å². The van der Waals surface area contributed by atoms with Gasteiger partial charge in [-0.3, -0.25) is 4.79 Å². The standard InChI is InChI=1S/C17H14FN3O/c18-12-5-3-4-11(8-12)13-9-14(13)20-17(22)15-10-21-7-2-1-6-16(21)19-15/h1-8,10,13-14H,9H2,(H,20,22)/t13-,14-/m1/s1. The second kappa shape index (κ2) is 4.94. The molecule has 110 valence electrons. The van der Waals surface area contributed by atoms with E-state index in [-0.39, 0.29) is 23.7 Å². The summed E-state index contributed by atoms with van der Waals surface area (Å²) in [6.07, 6.45) is 4.40. The van der Waals surface area contributed by atoms with Crippen molar-refractivity contribution in [3.63, 3.8) is 0 Å². The van der Waals surface area contributed by atoms with E-state index in [4.69, 9.17) is 0 Å². The molecule has 1 aliphatic carbocycles. The van der Waals surface area contributed by atoms with Gasteiger partial charge in [-0.05, 0) is 36.2 Å². The van der Waals surface area contributed by atoms with Crippen molar-refractivity contribution >= 4 is 11.6 Å². The molecule has 2 heterocycles. The number of nitrogens with zero attached hydrogens (tertiary/aromatic N) is 2. The molecule has 1 amide bonds. The fourth-order valence-electron chi connectivity index (χ4n) is 2.75. The Morgan fingerprint density at radius 3 is 3.00 bits per heavy atom. The third-order valence-corrected chi connectivity index (χ3v) is 3.98. The molecule has 5 heteroatoms. The maximum Gasteiger partial charge on any atom is 0.271 e. The number of aromatic nitrogens is 2. The lowest BCUT2D eigenvalue weighted by Crippen LogP contribution is -2.26. The van der Waals surface area contributed by atoms with Gasteiger partial charge in [0, 0.05) is 24.4 Å². The minimum Gasteiger partial charge on any atom is -0.347 e. The van der Waals surface area contributed by atoms with Gasteiger partial charge in [0.15, 0.2) is 0 Å². The van der Waals surface area contributed by atoms with Crippen LogP contribution in [0.1, 0.15) is 28.4 Å². The highest BCUT2D eigenvalue weighted by molar-refractivity contribution is 5.93. The molecule has 1 N–H and O–H groups in total. The van der Waals surface area contributed by atoms with Gasteiger partial charge in [-0.15, -0.1) is 0 Å². The molecule has 4 nitrogen and oxygen atoms in total. The van der Waals surface area contributed by atoms with E-state index in [2.05, 4.69) is 10.3 Å². The summed E-state index contributed by atoms with van der Waals surface area (Å²) in [4.78, 5) is 16.5. The van der Waals surface area contributed by atoms with E-state index in [1.807, 2.05) is 34.9 Å². The zero-order valence-electron chi connectivity index (χ0n) is 11.7.